The van der Waals surface area contributed by atoms with Crippen LogP contribution < -0.4 is 4.74 Å². The lowest BCUT2D eigenvalue weighted by Gasteiger charge is -2.09. The number of hydrogen-bond acceptors (Lipinski definition) is 2. The number of hydrogen-bond donors (Lipinski definition) is 0. The van der Waals surface area contributed by atoms with E-state index in [4.69, 9.17) is 16.3 Å². The molecule has 1 saturated carbocycles. The number of benzene rings is 1. The Morgan fingerprint density at radius 2 is 2.28 bits per heavy atom. The van der Waals surface area contributed by atoms with E-state index in [1.807, 2.05) is 19.1 Å². The highest BCUT2D eigenvalue weighted by Gasteiger charge is 2.25. The van der Waals surface area contributed by atoms with E-state index < -0.39 is 0 Å². The average molecular weight is 265 g/mol. The molecular formula is C14H17ClN2O. The van der Waals surface area contributed by atoms with E-state index >= 15 is 0 Å². The third kappa shape index (κ3) is 1.97. The van der Waals surface area contributed by atoms with Crippen molar-refractivity contribution in [1.29, 1.82) is 0 Å². The number of nitrogens with zero attached hydrogens (tertiary/aromatic N) is 2. The summed E-state index contributed by atoms with van der Waals surface area (Å²) in [6.07, 6.45) is 2.64. The molecule has 1 atom stereocenters. The fourth-order valence-corrected chi connectivity index (χ4v) is 2.52. The second kappa shape index (κ2) is 4.47. The summed E-state index contributed by atoms with van der Waals surface area (Å²) in [5.74, 6) is 2.56. The Hall–Kier alpha value is -1.22. The maximum atomic E-state index is 6.26. The molecule has 1 aliphatic rings. The lowest BCUT2D eigenvalue weighted by Crippen LogP contribution is -2.05. The predicted molar refractivity (Wildman–Crippen MR) is 73.3 cm³/mol. The average Bonchev–Trinajstić information content (AvgIpc) is 3.09. The van der Waals surface area contributed by atoms with Gasteiger partial charge in [-0.25, -0.2) is 4.98 Å². The van der Waals surface area contributed by atoms with Gasteiger partial charge in [0.15, 0.2) is 0 Å². The second-order valence-corrected chi connectivity index (χ2v) is 5.62. The van der Waals surface area contributed by atoms with Gasteiger partial charge in [-0.2, -0.15) is 0 Å². The van der Waals surface area contributed by atoms with Gasteiger partial charge >= 0.3 is 0 Å². The first-order chi connectivity index (χ1) is 8.70. The normalized spacial score (nSPS) is 17.1. The summed E-state index contributed by atoms with van der Waals surface area (Å²) >= 11 is 6.26. The fourth-order valence-electron chi connectivity index (χ4n) is 2.36. The quantitative estimate of drug-likeness (QED) is 0.787. The fraction of sp³-hybridized carbons (Fsp3) is 0.500. The molecule has 3 nitrogen and oxygen atoms in total. The number of alkyl halides is 1. The summed E-state index contributed by atoms with van der Waals surface area (Å²) in [7, 11) is 1.68. The number of para-hydroxylation sites is 1. The predicted octanol–water partition coefficient (Wildman–Crippen LogP) is 3.75. The topological polar surface area (TPSA) is 27.1 Å². The summed E-state index contributed by atoms with van der Waals surface area (Å²) in [6.45, 7) is 2.99. The van der Waals surface area contributed by atoms with Gasteiger partial charge in [-0.3, -0.25) is 0 Å². The molecule has 0 N–H and O–H groups in total. The van der Waals surface area contributed by atoms with Gasteiger partial charge in [0.2, 0.25) is 0 Å². The van der Waals surface area contributed by atoms with Crippen LogP contribution in [-0.4, -0.2) is 16.7 Å². The molecule has 1 unspecified atom stereocenters. The Kier molecular flexibility index (Phi) is 2.94. The smallest absolute Gasteiger partial charge is 0.146 e. The van der Waals surface area contributed by atoms with Crippen molar-refractivity contribution in [3.05, 3.63) is 24.0 Å². The van der Waals surface area contributed by atoms with Gasteiger partial charge in [-0.15, -0.1) is 11.6 Å². The molecule has 96 valence electrons. The van der Waals surface area contributed by atoms with Gasteiger partial charge in [0, 0.05) is 6.54 Å². The number of methoxy groups -OCH3 is 1. The van der Waals surface area contributed by atoms with Crippen LogP contribution in [0.1, 0.15) is 31.0 Å². The third-order valence-electron chi connectivity index (χ3n) is 3.48. The van der Waals surface area contributed by atoms with E-state index in [9.17, 15) is 0 Å². The maximum Gasteiger partial charge on any atom is 0.146 e. The summed E-state index contributed by atoms with van der Waals surface area (Å²) < 4.78 is 7.63. The largest absolute Gasteiger partial charge is 0.494 e. The Balaban J connectivity index is 2.18. The number of fused-ring (bicyclic) bond motifs is 1. The van der Waals surface area contributed by atoms with Crippen molar-refractivity contribution >= 4 is 22.6 Å². The molecule has 0 amide bonds. The molecule has 1 heterocycles. The van der Waals surface area contributed by atoms with Gasteiger partial charge in [-0.1, -0.05) is 6.07 Å². The minimum absolute atomic E-state index is 0.0825. The number of imidazole rings is 1. The van der Waals surface area contributed by atoms with E-state index in [-0.39, 0.29) is 5.38 Å². The molecule has 1 aromatic carbocycles. The number of ether oxygens (including phenoxy) is 1. The van der Waals surface area contributed by atoms with E-state index in [1.165, 1.54) is 12.8 Å². The molecule has 2 aromatic rings. The van der Waals surface area contributed by atoms with Crippen LogP contribution >= 0.6 is 11.6 Å². The molecule has 0 aliphatic heterocycles. The van der Waals surface area contributed by atoms with Crippen molar-refractivity contribution in [2.75, 3.05) is 7.11 Å². The summed E-state index contributed by atoms with van der Waals surface area (Å²) in [4.78, 5) is 4.67. The zero-order chi connectivity index (χ0) is 12.7. The van der Waals surface area contributed by atoms with Crippen LogP contribution in [0.4, 0.5) is 0 Å². The van der Waals surface area contributed by atoms with Gasteiger partial charge < -0.3 is 9.30 Å². The van der Waals surface area contributed by atoms with Crippen LogP contribution in [-0.2, 0) is 6.54 Å². The zero-order valence-corrected chi connectivity index (χ0v) is 11.4. The highest BCUT2D eigenvalue weighted by Crippen LogP contribution is 2.35. The first kappa shape index (κ1) is 11.8. The van der Waals surface area contributed by atoms with Gasteiger partial charge in [0.25, 0.3) is 0 Å². The van der Waals surface area contributed by atoms with Crippen molar-refractivity contribution < 1.29 is 4.74 Å². The highest BCUT2D eigenvalue weighted by molar-refractivity contribution is 6.20. The molecule has 0 bridgehead atoms. The Morgan fingerprint density at radius 1 is 1.50 bits per heavy atom. The van der Waals surface area contributed by atoms with Crippen LogP contribution in [0.5, 0.6) is 5.75 Å². The van der Waals surface area contributed by atoms with E-state index in [2.05, 4.69) is 15.6 Å². The monoisotopic (exact) mass is 264 g/mol. The van der Waals surface area contributed by atoms with Gasteiger partial charge in [0.1, 0.15) is 17.1 Å². The molecule has 3 rings (SSSR count). The minimum atomic E-state index is -0.0825. The van der Waals surface area contributed by atoms with Crippen LogP contribution in [0.2, 0.25) is 0 Å². The number of halogens is 1. The summed E-state index contributed by atoms with van der Waals surface area (Å²) in [5, 5.41) is -0.0825. The first-order valence-electron chi connectivity index (χ1n) is 6.38. The summed E-state index contributed by atoms with van der Waals surface area (Å²) in [6, 6.07) is 6.05. The van der Waals surface area contributed by atoms with Crippen LogP contribution in [0, 0.1) is 5.92 Å². The molecule has 18 heavy (non-hydrogen) atoms. The SMILES string of the molecule is COc1cccc2c1nc(C(C)Cl)n2CC1CC1. The third-order valence-corrected chi connectivity index (χ3v) is 3.68. The number of aromatic nitrogens is 2. The maximum absolute atomic E-state index is 6.26. The van der Waals surface area contributed by atoms with E-state index in [1.54, 1.807) is 7.11 Å². The highest BCUT2D eigenvalue weighted by atomic mass is 35.5. The molecule has 1 aliphatic carbocycles. The van der Waals surface area contributed by atoms with Gasteiger partial charge in [0.05, 0.1) is 18.0 Å². The van der Waals surface area contributed by atoms with Crippen LogP contribution in [0.25, 0.3) is 11.0 Å². The zero-order valence-electron chi connectivity index (χ0n) is 10.7. The van der Waals surface area contributed by atoms with E-state index in [0.717, 1.165) is 35.1 Å². The van der Waals surface area contributed by atoms with Crippen molar-refractivity contribution in [1.82, 2.24) is 9.55 Å². The Bertz CT molecular complexity index is 572. The molecule has 0 radical (unpaired) electrons. The molecular weight excluding hydrogens is 248 g/mol. The molecule has 0 spiro atoms. The molecule has 1 aromatic heterocycles. The lowest BCUT2D eigenvalue weighted by atomic mass is 10.3. The van der Waals surface area contributed by atoms with Crippen molar-refractivity contribution in [2.45, 2.75) is 31.7 Å². The lowest BCUT2D eigenvalue weighted by molar-refractivity contribution is 0.419. The molecule has 4 heteroatoms. The summed E-state index contributed by atoms with van der Waals surface area (Å²) in [5.41, 5.74) is 2.05. The van der Waals surface area contributed by atoms with Gasteiger partial charge in [-0.05, 0) is 37.8 Å². The van der Waals surface area contributed by atoms with Crippen LogP contribution in [0.3, 0.4) is 0 Å². The van der Waals surface area contributed by atoms with Crippen LogP contribution in [0.15, 0.2) is 18.2 Å². The number of rotatable bonds is 4. The van der Waals surface area contributed by atoms with Crippen molar-refractivity contribution in [2.24, 2.45) is 5.92 Å². The Morgan fingerprint density at radius 3 is 2.89 bits per heavy atom. The second-order valence-electron chi connectivity index (χ2n) is 4.97. The Labute approximate surface area is 112 Å². The first-order valence-corrected chi connectivity index (χ1v) is 6.81. The standard InChI is InChI=1S/C14H17ClN2O/c1-9(15)14-16-13-11(4-3-5-12(13)18-2)17(14)8-10-6-7-10/h3-5,9-10H,6-8H2,1-2H3. The minimum Gasteiger partial charge on any atom is -0.494 e. The molecule has 1 fully saturated rings. The van der Waals surface area contributed by atoms with Crippen molar-refractivity contribution in [3.63, 3.8) is 0 Å². The van der Waals surface area contributed by atoms with E-state index in [0.29, 0.717) is 0 Å². The van der Waals surface area contributed by atoms with Crippen molar-refractivity contribution in [3.8, 4) is 5.75 Å². The molecule has 0 saturated heterocycles.